The molecule has 7 heteroatoms. The van der Waals surface area contributed by atoms with Gasteiger partial charge in [-0.15, -0.1) is 5.10 Å². The number of hydrogen-bond donors (Lipinski definition) is 2. The van der Waals surface area contributed by atoms with Crippen molar-refractivity contribution in [1.82, 2.24) is 14.8 Å². The number of thioether (sulfide) groups is 1. The summed E-state index contributed by atoms with van der Waals surface area (Å²) < 4.78 is 1.37. The van der Waals surface area contributed by atoms with Gasteiger partial charge in [0, 0.05) is 12.7 Å². The predicted molar refractivity (Wildman–Crippen MR) is 83.7 cm³/mol. The third-order valence-corrected chi connectivity index (χ3v) is 4.06. The first-order valence-corrected chi connectivity index (χ1v) is 7.60. The summed E-state index contributed by atoms with van der Waals surface area (Å²) in [5.74, 6) is 0.531. The Bertz CT molecular complexity index is 673. The third-order valence-electron chi connectivity index (χ3n) is 3.03. The zero-order valence-corrected chi connectivity index (χ0v) is 13.0. The standard InChI is InChI=1S/C14H18N4O2S/c1-9(2)10-4-6-11(7-5-10)15-12(19)8-21-14-17-16-13(20)18(14)3/h4-7,9H,8H2,1-3H3,(H,15,19)(H,16,20). The molecule has 21 heavy (non-hydrogen) atoms. The Balaban J connectivity index is 1.90. The van der Waals surface area contributed by atoms with Gasteiger partial charge in [-0.3, -0.25) is 9.36 Å². The van der Waals surface area contributed by atoms with E-state index in [1.54, 1.807) is 7.05 Å². The van der Waals surface area contributed by atoms with Crippen LogP contribution in [0.5, 0.6) is 0 Å². The minimum absolute atomic E-state index is 0.132. The molecule has 2 rings (SSSR count). The van der Waals surface area contributed by atoms with Gasteiger partial charge < -0.3 is 5.32 Å². The number of carbonyl (C=O) groups is 1. The van der Waals surface area contributed by atoms with Crippen LogP contribution in [0.1, 0.15) is 25.3 Å². The SMILES string of the molecule is CC(C)c1ccc(NC(=O)CSc2n[nH]c(=O)n2C)cc1. The first kappa shape index (κ1) is 15.4. The van der Waals surface area contributed by atoms with Crippen molar-refractivity contribution >= 4 is 23.4 Å². The number of nitrogens with zero attached hydrogens (tertiary/aromatic N) is 2. The molecule has 2 N–H and O–H groups in total. The number of nitrogens with one attached hydrogen (secondary N) is 2. The van der Waals surface area contributed by atoms with E-state index in [9.17, 15) is 9.59 Å². The van der Waals surface area contributed by atoms with Crippen molar-refractivity contribution in [1.29, 1.82) is 0 Å². The number of rotatable bonds is 5. The maximum absolute atomic E-state index is 11.9. The Morgan fingerprint density at radius 1 is 1.38 bits per heavy atom. The molecule has 1 heterocycles. The number of amides is 1. The van der Waals surface area contributed by atoms with Crippen LogP contribution in [0.15, 0.2) is 34.2 Å². The van der Waals surface area contributed by atoms with Gasteiger partial charge in [-0.1, -0.05) is 37.7 Å². The van der Waals surface area contributed by atoms with E-state index in [1.807, 2.05) is 24.3 Å². The molecule has 0 aliphatic rings. The lowest BCUT2D eigenvalue weighted by Gasteiger charge is -2.08. The number of benzene rings is 1. The van der Waals surface area contributed by atoms with Crippen LogP contribution in [0.4, 0.5) is 5.69 Å². The predicted octanol–water partition coefficient (Wildman–Crippen LogP) is 1.96. The van der Waals surface area contributed by atoms with E-state index in [0.717, 1.165) is 5.69 Å². The molecule has 0 aliphatic carbocycles. The van der Waals surface area contributed by atoms with Gasteiger partial charge in [0.15, 0.2) is 5.16 Å². The second kappa shape index (κ2) is 6.62. The van der Waals surface area contributed by atoms with Crippen molar-refractivity contribution < 1.29 is 4.79 Å². The Morgan fingerprint density at radius 2 is 2.05 bits per heavy atom. The number of aromatic amines is 1. The first-order valence-electron chi connectivity index (χ1n) is 6.61. The van der Waals surface area contributed by atoms with Crippen molar-refractivity contribution in [2.45, 2.75) is 24.9 Å². The molecular formula is C14H18N4O2S. The van der Waals surface area contributed by atoms with Gasteiger partial charge in [0.05, 0.1) is 5.75 Å². The molecule has 0 atom stereocenters. The average Bonchev–Trinajstić information content (AvgIpc) is 2.77. The van der Waals surface area contributed by atoms with E-state index in [0.29, 0.717) is 11.1 Å². The lowest BCUT2D eigenvalue weighted by Crippen LogP contribution is -2.16. The van der Waals surface area contributed by atoms with Crippen LogP contribution in [-0.4, -0.2) is 26.4 Å². The summed E-state index contributed by atoms with van der Waals surface area (Å²) in [6.07, 6.45) is 0. The molecule has 0 spiro atoms. The molecule has 6 nitrogen and oxygen atoms in total. The molecule has 0 saturated carbocycles. The van der Waals surface area contributed by atoms with Gasteiger partial charge in [-0.25, -0.2) is 9.89 Å². The quantitative estimate of drug-likeness (QED) is 0.828. The zero-order chi connectivity index (χ0) is 15.4. The molecule has 2 aromatic rings. The largest absolute Gasteiger partial charge is 0.343 e. The second-order valence-corrected chi connectivity index (χ2v) is 5.93. The molecule has 1 aromatic carbocycles. The number of carbonyl (C=O) groups excluding carboxylic acids is 1. The Morgan fingerprint density at radius 3 is 2.57 bits per heavy atom. The summed E-state index contributed by atoms with van der Waals surface area (Å²) in [7, 11) is 1.61. The van der Waals surface area contributed by atoms with Gasteiger partial charge in [0.2, 0.25) is 5.91 Å². The molecule has 112 valence electrons. The monoisotopic (exact) mass is 306 g/mol. The van der Waals surface area contributed by atoms with E-state index in [1.165, 1.54) is 21.9 Å². The van der Waals surface area contributed by atoms with Gasteiger partial charge >= 0.3 is 5.69 Å². The summed E-state index contributed by atoms with van der Waals surface area (Å²) in [5, 5.41) is 9.48. The van der Waals surface area contributed by atoms with Crippen LogP contribution in [-0.2, 0) is 11.8 Å². The van der Waals surface area contributed by atoms with Crippen LogP contribution in [0.2, 0.25) is 0 Å². The third kappa shape index (κ3) is 3.98. The van der Waals surface area contributed by atoms with Crippen molar-refractivity contribution in [2.24, 2.45) is 7.05 Å². The maximum atomic E-state index is 11.9. The lowest BCUT2D eigenvalue weighted by atomic mass is 10.0. The van der Waals surface area contributed by atoms with Crippen LogP contribution in [0.25, 0.3) is 0 Å². The first-order chi connectivity index (χ1) is 9.97. The average molecular weight is 306 g/mol. The number of H-pyrrole nitrogens is 1. The van der Waals surface area contributed by atoms with Crippen molar-refractivity contribution in [3.63, 3.8) is 0 Å². The minimum atomic E-state index is -0.290. The second-order valence-electron chi connectivity index (χ2n) is 4.98. The van der Waals surface area contributed by atoms with E-state index < -0.39 is 0 Å². The van der Waals surface area contributed by atoms with Gasteiger partial charge in [-0.05, 0) is 23.6 Å². The fourth-order valence-corrected chi connectivity index (χ4v) is 2.46. The van der Waals surface area contributed by atoms with Crippen LogP contribution < -0.4 is 11.0 Å². The summed E-state index contributed by atoms with van der Waals surface area (Å²) in [6, 6.07) is 7.79. The topological polar surface area (TPSA) is 79.8 Å². The number of anilines is 1. The molecule has 0 unspecified atom stereocenters. The van der Waals surface area contributed by atoms with E-state index in [4.69, 9.17) is 0 Å². The highest BCUT2D eigenvalue weighted by molar-refractivity contribution is 7.99. The van der Waals surface area contributed by atoms with Crippen LogP contribution in [0.3, 0.4) is 0 Å². The molecule has 0 saturated heterocycles. The van der Waals surface area contributed by atoms with Crippen molar-refractivity contribution in [3.8, 4) is 0 Å². The molecular weight excluding hydrogens is 288 g/mol. The van der Waals surface area contributed by atoms with Crippen molar-refractivity contribution in [3.05, 3.63) is 40.3 Å². The van der Waals surface area contributed by atoms with E-state index in [2.05, 4.69) is 29.4 Å². The highest BCUT2D eigenvalue weighted by atomic mass is 32.2. The molecule has 0 aliphatic heterocycles. The Kier molecular flexibility index (Phi) is 4.85. The molecule has 0 radical (unpaired) electrons. The van der Waals surface area contributed by atoms with Crippen LogP contribution in [0, 0.1) is 0 Å². The highest BCUT2D eigenvalue weighted by Crippen LogP contribution is 2.18. The summed E-state index contributed by atoms with van der Waals surface area (Å²) in [4.78, 5) is 23.1. The van der Waals surface area contributed by atoms with E-state index >= 15 is 0 Å². The van der Waals surface area contributed by atoms with Gasteiger partial charge in [-0.2, -0.15) is 0 Å². The number of hydrogen-bond acceptors (Lipinski definition) is 4. The van der Waals surface area contributed by atoms with Gasteiger partial charge in [0.25, 0.3) is 0 Å². The maximum Gasteiger partial charge on any atom is 0.343 e. The van der Waals surface area contributed by atoms with Crippen LogP contribution >= 0.6 is 11.8 Å². The number of aromatic nitrogens is 3. The summed E-state index contributed by atoms with van der Waals surface area (Å²) >= 11 is 1.21. The van der Waals surface area contributed by atoms with Gasteiger partial charge in [0.1, 0.15) is 0 Å². The Hall–Kier alpha value is -2.02. The molecule has 0 fully saturated rings. The van der Waals surface area contributed by atoms with Crippen molar-refractivity contribution in [2.75, 3.05) is 11.1 Å². The summed E-state index contributed by atoms with van der Waals surface area (Å²) in [6.45, 7) is 4.25. The normalized spacial score (nSPS) is 10.9. The van der Waals surface area contributed by atoms with E-state index in [-0.39, 0.29) is 17.3 Å². The molecule has 1 amide bonds. The lowest BCUT2D eigenvalue weighted by molar-refractivity contribution is -0.113. The Labute approximate surface area is 127 Å². The zero-order valence-electron chi connectivity index (χ0n) is 12.2. The fourth-order valence-electron chi connectivity index (χ4n) is 1.74. The summed E-state index contributed by atoms with van der Waals surface area (Å²) in [5.41, 5.74) is 1.71. The molecule has 1 aromatic heterocycles. The highest BCUT2D eigenvalue weighted by Gasteiger charge is 2.09. The minimum Gasteiger partial charge on any atom is -0.325 e. The molecule has 0 bridgehead atoms. The fraction of sp³-hybridized carbons (Fsp3) is 0.357. The smallest absolute Gasteiger partial charge is 0.325 e.